The normalized spacial score (nSPS) is 13.8. The molecule has 6 heteroatoms. The van der Waals surface area contributed by atoms with Crippen molar-refractivity contribution in [3.05, 3.63) is 35.4 Å². The van der Waals surface area contributed by atoms with Crippen LogP contribution in [0.25, 0.3) is 0 Å². The molecule has 0 heterocycles. The Hall–Kier alpha value is -1.53. The smallest absolute Gasteiger partial charge is 0.330 e. The lowest BCUT2D eigenvalue weighted by Crippen LogP contribution is -2.49. The molecule has 0 fully saturated rings. The molecule has 0 spiro atoms. The van der Waals surface area contributed by atoms with E-state index < -0.39 is 23.1 Å². The molecule has 0 aromatic heterocycles. The van der Waals surface area contributed by atoms with Crippen LogP contribution < -0.4 is 5.32 Å². The highest BCUT2D eigenvalue weighted by Gasteiger charge is 2.37. The summed E-state index contributed by atoms with van der Waals surface area (Å²) in [5.41, 5.74) is -1.16. The van der Waals surface area contributed by atoms with Crippen molar-refractivity contribution in [1.82, 2.24) is 5.32 Å². The van der Waals surface area contributed by atoms with Crippen LogP contribution in [-0.2, 0) is 19.8 Å². The van der Waals surface area contributed by atoms with Crippen LogP contribution in [0.1, 0.15) is 19.4 Å². The van der Waals surface area contributed by atoms with Crippen LogP contribution in [0.4, 0.5) is 8.78 Å². The molecule has 1 aromatic rings. The molecule has 112 valence electrons. The first-order chi connectivity index (χ1) is 9.43. The molecule has 4 nitrogen and oxygen atoms in total. The maximum atomic E-state index is 13.4. The van der Waals surface area contributed by atoms with E-state index in [4.69, 9.17) is 9.47 Å². The number of benzene rings is 1. The third-order valence-electron chi connectivity index (χ3n) is 2.91. The minimum Gasteiger partial charge on any atom is -0.464 e. The lowest BCUT2D eigenvalue weighted by Gasteiger charge is -2.29. The topological polar surface area (TPSA) is 47.6 Å². The van der Waals surface area contributed by atoms with E-state index in [0.717, 1.165) is 18.2 Å². The number of esters is 1. The molecule has 0 saturated heterocycles. The van der Waals surface area contributed by atoms with E-state index in [1.807, 2.05) is 0 Å². The van der Waals surface area contributed by atoms with Crippen LogP contribution in [0.5, 0.6) is 0 Å². The summed E-state index contributed by atoms with van der Waals surface area (Å²) in [4.78, 5) is 12.1. The van der Waals surface area contributed by atoms with Crippen molar-refractivity contribution in [1.29, 1.82) is 0 Å². The van der Waals surface area contributed by atoms with Crippen molar-refractivity contribution in [3.63, 3.8) is 0 Å². The Balaban J connectivity index is 3.10. The maximum Gasteiger partial charge on any atom is 0.330 e. The van der Waals surface area contributed by atoms with Gasteiger partial charge in [-0.25, -0.2) is 13.6 Å². The van der Waals surface area contributed by atoms with Crippen molar-refractivity contribution in [2.24, 2.45) is 0 Å². The van der Waals surface area contributed by atoms with Gasteiger partial charge in [0.05, 0.1) is 13.2 Å². The van der Waals surface area contributed by atoms with Crippen LogP contribution >= 0.6 is 0 Å². The molecule has 0 bridgehead atoms. The van der Waals surface area contributed by atoms with Gasteiger partial charge in [0, 0.05) is 19.7 Å². The average Bonchev–Trinajstić information content (AvgIpc) is 2.38. The monoisotopic (exact) mass is 287 g/mol. The highest BCUT2D eigenvalue weighted by atomic mass is 19.1. The Bertz CT molecular complexity index is 447. The van der Waals surface area contributed by atoms with E-state index >= 15 is 0 Å². The second kappa shape index (κ2) is 7.31. The van der Waals surface area contributed by atoms with Crippen molar-refractivity contribution >= 4 is 5.97 Å². The zero-order valence-electron chi connectivity index (χ0n) is 11.8. The summed E-state index contributed by atoms with van der Waals surface area (Å²) in [5.74, 6) is -2.09. The van der Waals surface area contributed by atoms with Gasteiger partial charge in [-0.15, -0.1) is 0 Å². The standard InChI is InChI=1S/C14H19F2NO3/c1-4-20-13(18)14(2,17-5-6-19-3)10-7-11(15)9-12(16)8-10/h7-9,17H,4-6H2,1-3H3. The molecular formula is C14H19F2NO3. The summed E-state index contributed by atoms with van der Waals surface area (Å²) in [6, 6.07) is 2.98. The zero-order valence-corrected chi connectivity index (χ0v) is 11.8. The number of rotatable bonds is 7. The van der Waals surface area contributed by atoms with Crippen LogP contribution in [0.2, 0.25) is 0 Å². The quantitative estimate of drug-likeness (QED) is 0.615. The first kappa shape index (κ1) is 16.5. The van der Waals surface area contributed by atoms with E-state index in [1.165, 1.54) is 14.0 Å². The van der Waals surface area contributed by atoms with E-state index in [0.29, 0.717) is 13.2 Å². The summed E-state index contributed by atoms with van der Waals surface area (Å²) >= 11 is 0. The molecule has 1 N–H and O–H groups in total. The van der Waals surface area contributed by atoms with Gasteiger partial charge in [0.25, 0.3) is 0 Å². The third kappa shape index (κ3) is 3.98. The van der Waals surface area contributed by atoms with Gasteiger partial charge < -0.3 is 9.47 Å². The number of halogens is 2. The number of carbonyl (C=O) groups is 1. The number of methoxy groups -OCH3 is 1. The third-order valence-corrected chi connectivity index (χ3v) is 2.91. The Morgan fingerprint density at radius 3 is 2.40 bits per heavy atom. The van der Waals surface area contributed by atoms with E-state index in [9.17, 15) is 13.6 Å². The first-order valence-corrected chi connectivity index (χ1v) is 6.31. The van der Waals surface area contributed by atoms with E-state index in [-0.39, 0.29) is 12.2 Å². The number of nitrogens with one attached hydrogen (secondary N) is 1. The van der Waals surface area contributed by atoms with Gasteiger partial charge in [-0.2, -0.15) is 0 Å². The predicted octanol–water partition coefficient (Wildman–Crippen LogP) is 1.98. The summed E-state index contributed by atoms with van der Waals surface area (Å²) < 4.78 is 36.6. The van der Waals surface area contributed by atoms with Gasteiger partial charge in [-0.05, 0) is 31.5 Å². The van der Waals surface area contributed by atoms with Crippen LogP contribution in [-0.4, -0.2) is 32.8 Å². The average molecular weight is 287 g/mol. The molecule has 0 aliphatic carbocycles. The Kier molecular flexibility index (Phi) is 6.04. The second-order valence-electron chi connectivity index (χ2n) is 4.42. The van der Waals surface area contributed by atoms with Crippen molar-refractivity contribution in [2.45, 2.75) is 19.4 Å². The number of hydrogen-bond donors (Lipinski definition) is 1. The number of carbonyl (C=O) groups excluding carboxylic acids is 1. The fourth-order valence-electron chi connectivity index (χ4n) is 1.81. The summed E-state index contributed by atoms with van der Waals surface area (Å²) in [7, 11) is 1.52. The van der Waals surface area contributed by atoms with Crippen LogP contribution in [0.3, 0.4) is 0 Å². The van der Waals surface area contributed by atoms with Crippen LogP contribution in [0, 0.1) is 11.6 Å². The molecule has 0 radical (unpaired) electrons. The second-order valence-corrected chi connectivity index (χ2v) is 4.42. The minimum atomic E-state index is -1.34. The van der Waals surface area contributed by atoms with Gasteiger partial charge >= 0.3 is 5.97 Å². The minimum absolute atomic E-state index is 0.171. The molecule has 20 heavy (non-hydrogen) atoms. The van der Waals surface area contributed by atoms with Gasteiger partial charge in [0.1, 0.15) is 17.2 Å². The van der Waals surface area contributed by atoms with Gasteiger partial charge in [-0.1, -0.05) is 0 Å². The Morgan fingerprint density at radius 2 is 1.90 bits per heavy atom. The Morgan fingerprint density at radius 1 is 1.30 bits per heavy atom. The molecule has 0 aliphatic rings. The van der Waals surface area contributed by atoms with Gasteiger partial charge in [0.2, 0.25) is 0 Å². The summed E-state index contributed by atoms with van der Waals surface area (Å²) in [6.07, 6.45) is 0. The number of ether oxygens (including phenoxy) is 2. The molecular weight excluding hydrogens is 268 g/mol. The lowest BCUT2D eigenvalue weighted by atomic mass is 9.91. The summed E-state index contributed by atoms with van der Waals surface area (Å²) in [5, 5.41) is 2.92. The molecule has 1 unspecified atom stereocenters. The lowest BCUT2D eigenvalue weighted by molar-refractivity contribution is -0.151. The number of hydrogen-bond acceptors (Lipinski definition) is 4. The predicted molar refractivity (Wildman–Crippen MR) is 70.2 cm³/mol. The molecule has 1 rings (SSSR count). The molecule has 0 amide bonds. The fourth-order valence-corrected chi connectivity index (χ4v) is 1.81. The molecule has 0 aliphatic heterocycles. The largest absolute Gasteiger partial charge is 0.464 e. The van der Waals surface area contributed by atoms with Gasteiger partial charge in [-0.3, -0.25) is 5.32 Å². The SMILES string of the molecule is CCOC(=O)C(C)(NCCOC)c1cc(F)cc(F)c1. The zero-order chi connectivity index (χ0) is 15.2. The van der Waals surface area contributed by atoms with Crippen molar-refractivity contribution < 1.29 is 23.0 Å². The highest BCUT2D eigenvalue weighted by molar-refractivity contribution is 5.82. The van der Waals surface area contributed by atoms with Crippen molar-refractivity contribution in [3.8, 4) is 0 Å². The summed E-state index contributed by atoms with van der Waals surface area (Å²) in [6.45, 7) is 4.06. The van der Waals surface area contributed by atoms with E-state index in [1.54, 1.807) is 6.92 Å². The van der Waals surface area contributed by atoms with E-state index in [2.05, 4.69) is 5.32 Å². The fraction of sp³-hybridized carbons (Fsp3) is 0.500. The first-order valence-electron chi connectivity index (χ1n) is 6.31. The van der Waals surface area contributed by atoms with Crippen LogP contribution in [0.15, 0.2) is 18.2 Å². The maximum absolute atomic E-state index is 13.4. The van der Waals surface area contributed by atoms with Gasteiger partial charge in [0.15, 0.2) is 0 Å². The molecule has 1 atom stereocenters. The molecule has 1 aromatic carbocycles. The highest BCUT2D eigenvalue weighted by Crippen LogP contribution is 2.24. The Labute approximate surface area is 117 Å². The van der Waals surface area contributed by atoms with Crippen molar-refractivity contribution in [2.75, 3.05) is 26.9 Å². The molecule has 0 saturated carbocycles.